The highest BCUT2D eigenvalue weighted by molar-refractivity contribution is 7.15. The van der Waals surface area contributed by atoms with Gasteiger partial charge in [0.05, 0.1) is 0 Å². The molecule has 0 fully saturated rings. The summed E-state index contributed by atoms with van der Waals surface area (Å²) in [6.07, 6.45) is 0.956. The van der Waals surface area contributed by atoms with Gasteiger partial charge in [-0.1, -0.05) is 17.7 Å². The van der Waals surface area contributed by atoms with Gasteiger partial charge in [0.1, 0.15) is 0 Å². The Morgan fingerprint density at radius 1 is 1.25 bits per heavy atom. The Bertz CT molecular complexity index is 490. The second-order valence-electron chi connectivity index (χ2n) is 3.76. The molecular weight excluding hydrogens is 238 g/mol. The van der Waals surface area contributed by atoms with Crippen molar-refractivity contribution in [1.82, 2.24) is 0 Å². The normalized spacial score (nSPS) is 10.7. The van der Waals surface area contributed by atoms with Crippen LogP contribution in [0.25, 0.3) is 10.4 Å². The summed E-state index contributed by atoms with van der Waals surface area (Å²) in [4.78, 5) is 2.63. The van der Waals surface area contributed by atoms with Gasteiger partial charge in [-0.2, -0.15) is 0 Å². The first kappa shape index (κ1) is 11.6. The summed E-state index contributed by atoms with van der Waals surface area (Å²) in [5.74, 6) is 0. The van der Waals surface area contributed by atoms with Crippen LogP contribution in [0.2, 0.25) is 5.02 Å². The Morgan fingerprint density at radius 3 is 2.75 bits per heavy atom. The van der Waals surface area contributed by atoms with E-state index in [2.05, 4.69) is 25.1 Å². The van der Waals surface area contributed by atoms with Crippen LogP contribution in [0.15, 0.2) is 30.3 Å². The molecule has 0 unspecified atom stereocenters. The molecule has 0 spiro atoms. The van der Waals surface area contributed by atoms with Crippen molar-refractivity contribution in [3.8, 4) is 10.4 Å². The van der Waals surface area contributed by atoms with E-state index in [4.69, 9.17) is 17.3 Å². The molecule has 0 saturated carbocycles. The lowest BCUT2D eigenvalue weighted by molar-refractivity contribution is 0.989. The predicted octanol–water partition coefficient (Wildman–Crippen LogP) is 3.88. The summed E-state index contributed by atoms with van der Waals surface area (Å²) < 4.78 is 0. The lowest BCUT2D eigenvalue weighted by Crippen LogP contribution is -2.00. The Balaban J connectivity index is 2.35. The van der Waals surface area contributed by atoms with Crippen molar-refractivity contribution in [1.29, 1.82) is 0 Å². The average Bonchev–Trinajstić information content (AvgIpc) is 2.67. The minimum absolute atomic E-state index is 0.708. The molecule has 1 aromatic carbocycles. The lowest BCUT2D eigenvalue weighted by atomic mass is 10.1. The molecule has 1 nitrogen and oxygen atoms in total. The highest BCUT2D eigenvalue weighted by atomic mass is 35.5. The highest BCUT2D eigenvalue weighted by Crippen LogP contribution is 2.31. The Morgan fingerprint density at radius 2 is 2.06 bits per heavy atom. The second-order valence-corrected chi connectivity index (χ2v) is 5.37. The van der Waals surface area contributed by atoms with E-state index >= 15 is 0 Å². The first-order valence-electron chi connectivity index (χ1n) is 5.26. The molecule has 1 heterocycles. The summed E-state index contributed by atoms with van der Waals surface area (Å²) in [5.41, 5.74) is 8.03. The Kier molecular flexibility index (Phi) is 3.64. The third-order valence-electron chi connectivity index (χ3n) is 2.51. The lowest BCUT2D eigenvalue weighted by Gasteiger charge is -2.03. The van der Waals surface area contributed by atoms with Crippen molar-refractivity contribution < 1.29 is 0 Å². The van der Waals surface area contributed by atoms with Crippen molar-refractivity contribution in [3.05, 3.63) is 45.8 Å². The molecular formula is C13H14ClNS. The molecule has 0 saturated heterocycles. The number of hydrogen-bond donors (Lipinski definition) is 1. The van der Waals surface area contributed by atoms with Crippen molar-refractivity contribution in [3.63, 3.8) is 0 Å². The standard InChI is InChI=1S/C13H14ClNS/c1-9-8-10(14)2-4-12(9)13-5-3-11(16-13)6-7-15/h2-5,8H,6-7,15H2,1H3. The van der Waals surface area contributed by atoms with Crippen LogP contribution in [0, 0.1) is 6.92 Å². The van der Waals surface area contributed by atoms with Gasteiger partial charge in [-0.05, 0) is 55.3 Å². The molecule has 84 valence electrons. The van der Waals surface area contributed by atoms with Gasteiger partial charge in [0.2, 0.25) is 0 Å². The van der Waals surface area contributed by atoms with E-state index in [1.54, 1.807) is 0 Å². The summed E-state index contributed by atoms with van der Waals surface area (Å²) in [6.45, 7) is 2.79. The molecule has 2 aromatic rings. The third-order valence-corrected chi connectivity index (χ3v) is 3.92. The maximum Gasteiger partial charge on any atom is 0.0409 e. The largest absolute Gasteiger partial charge is 0.330 e. The van der Waals surface area contributed by atoms with Crippen molar-refractivity contribution in [2.75, 3.05) is 6.54 Å². The van der Waals surface area contributed by atoms with E-state index in [0.29, 0.717) is 6.54 Å². The fourth-order valence-corrected chi connectivity index (χ4v) is 3.04. The van der Waals surface area contributed by atoms with Gasteiger partial charge < -0.3 is 5.73 Å². The van der Waals surface area contributed by atoms with Gasteiger partial charge in [-0.15, -0.1) is 11.3 Å². The molecule has 2 rings (SSSR count). The maximum absolute atomic E-state index is 5.95. The van der Waals surface area contributed by atoms with E-state index in [9.17, 15) is 0 Å². The zero-order valence-corrected chi connectivity index (χ0v) is 10.7. The molecule has 1 aromatic heterocycles. The average molecular weight is 252 g/mol. The quantitative estimate of drug-likeness (QED) is 0.880. The second kappa shape index (κ2) is 5.00. The third kappa shape index (κ3) is 2.46. The van der Waals surface area contributed by atoms with Gasteiger partial charge in [-0.3, -0.25) is 0 Å². The van der Waals surface area contributed by atoms with E-state index in [-0.39, 0.29) is 0 Å². The van der Waals surface area contributed by atoms with E-state index in [0.717, 1.165) is 11.4 Å². The number of halogens is 1. The fraction of sp³-hybridized carbons (Fsp3) is 0.231. The van der Waals surface area contributed by atoms with Gasteiger partial charge in [0, 0.05) is 14.8 Å². The number of aryl methyl sites for hydroxylation is 1. The van der Waals surface area contributed by atoms with Crippen molar-refractivity contribution in [2.24, 2.45) is 5.73 Å². The summed E-state index contributed by atoms with van der Waals surface area (Å²) in [5, 5.41) is 0.792. The van der Waals surface area contributed by atoms with Crippen molar-refractivity contribution >= 4 is 22.9 Å². The highest BCUT2D eigenvalue weighted by Gasteiger charge is 2.05. The Hall–Kier alpha value is -0.830. The minimum atomic E-state index is 0.708. The van der Waals surface area contributed by atoms with Crippen LogP contribution in [-0.2, 0) is 6.42 Å². The van der Waals surface area contributed by atoms with Crippen LogP contribution < -0.4 is 5.73 Å². The van der Waals surface area contributed by atoms with Gasteiger partial charge in [0.15, 0.2) is 0 Å². The number of thiophene rings is 1. The number of benzene rings is 1. The predicted molar refractivity (Wildman–Crippen MR) is 72.3 cm³/mol. The minimum Gasteiger partial charge on any atom is -0.330 e. The zero-order chi connectivity index (χ0) is 11.5. The number of nitrogens with two attached hydrogens (primary N) is 1. The summed E-state index contributed by atoms with van der Waals surface area (Å²) in [6, 6.07) is 10.3. The molecule has 0 radical (unpaired) electrons. The maximum atomic E-state index is 5.95. The van der Waals surface area contributed by atoms with Crippen LogP contribution in [-0.4, -0.2) is 6.54 Å². The smallest absolute Gasteiger partial charge is 0.0409 e. The molecule has 2 N–H and O–H groups in total. The molecule has 3 heteroatoms. The zero-order valence-electron chi connectivity index (χ0n) is 9.16. The summed E-state index contributed by atoms with van der Waals surface area (Å²) in [7, 11) is 0. The molecule has 16 heavy (non-hydrogen) atoms. The Labute approximate surface area is 105 Å². The van der Waals surface area contributed by atoms with Gasteiger partial charge in [0.25, 0.3) is 0 Å². The van der Waals surface area contributed by atoms with E-state index in [1.807, 2.05) is 23.5 Å². The van der Waals surface area contributed by atoms with Crippen LogP contribution in [0.3, 0.4) is 0 Å². The van der Waals surface area contributed by atoms with E-state index in [1.165, 1.54) is 20.9 Å². The molecule has 0 bridgehead atoms. The molecule has 0 aliphatic rings. The van der Waals surface area contributed by atoms with Crippen LogP contribution in [0.1, 0.15) is 10.4 Å². The molecule has 0 aliphatic carbocycles. The number of hydrogen-bond acceptors (Lipinski definition) is 2. The van der Waals surface area contributed by atoms with Crippen LogP contribution >= 0.6 is 22.9 Å². The van der Waals surface area contributed by atoms with Crippen LogP contribution in [0.5, 0.6) is 0 Å². The molecule has 0 amide bonds. The van der Waals surface area contributed by atoms with Crippen LogP contribution in [0.4, 0.5) is 0 Å². The first-order valence-corrected chi connectivity index (χ1v) is 6.45. The molecule has 0 atom stereocenters. The van der Waals surface area contributed by atoms with Gasteiger partial charge in [-0.25, -0.2) is 0 Å². The number of rotatable bonds is 3. The van der Waals surface area contributed by atoms with E-state index < -0.39 is 0 Å². The SMILES string of the molecule is Cc1cc(Cl)ccc1-c1ccc(CCN)s1. The monoisotopic (exact) mass is 251 g/mol. The summed E-state index contributed by atoms with van der Waals surface area (Å²) >= 11 is 7.75. The molecule has 0 aliphatic heterocycles. The topological polar surface area (TPSA) is 26.0 Å². The fourth-order valence-electron chi connectivity index (χ4n) is 1.70. The van der Waals surface area contributed by atoms with Gasteiger partial charge >= 0.3 is 0 Å². The first-order chi connectivity index (χ1) is 7.70. The van der Waals surface area contributed by atoms with Crippen molar-refractivity contribution in [2.45, 2.75) is 13.3 Å².